The van der Waals surface area contributed by atoms with Gasteiger partial charge in [-0.05, 0) is 16.6 Å². The number of methoxy groups -OCH3 is 1. The van der Waals surface area contributed by atoms with Gasteiger partial charge in [-0.15, -0.1) is 0 Å². The molecule has 0 bridgehead atoms. The molecule has 0 atom stereocenters. The van der Waals surface area contributed by atoms with E-state index in [1.54, 1.807) is 12.1 Å². The molecular formula is C14H13BO4. The number of ether oxygens (including phenoxy) is 1. The summed E-state index contributed by atoms with van der Waals surface area (Å²) in [5.74, 6) is -0.595. The van der Waals surface area contributed by atoms with Gasteiger partial charge in [-0.25, -0.2) is 4.79 Å². The number of hydrogen-bond donors (Lipinski definition) is 2. The van der Waals surface area contributed by atoms with E-state index in [1.807, 2.05) is 30.3 Å². The molecule has 0 amide bonds. The van der Waals surface area contributed by atoms with E-state index in [2.05, 4.69) is 0 Å². The van der Waals surface area contributed by atoms with Gasteiger partial charge >= 0.3 is 13.1 Å². The summed E-state index contributed by atoms with van der Waals surface area (Å²) >= 11 is 0. The molecule has 0 unspecified atom stereocenters. The Balaban J connectivity index is 2.67. The highest BCUT2D eigenvalue weighted by molar-refractivity contribution is 6.60. The van der Waals surface area contributed by atoms with Crippen LogP contribution < -0.4 is 5.46 Å². The first kappa shape index (κ1) is 13.3. The minimum atomic E-state index is -1.72. The maximum absolute atomic E-state index is 11.9. The van der Waals surface area contributed by atoms with Gasteiger partial charge in [-0.3, -0.25) is 0 Å². The Kier molecular flexibility index (Phi) is 3.99. The predicted octanol–water partition coefficient (Wildman–Crippen LogP) is 0.820. The monoisotopic (exact) mass is 256 g/mol. The number of esters is 1. The van der Waals surface area contributed by atoms with Crippen molar-refractivity contribution in [3.8, 4) is 11.1 Å². The average molecular weight is 256 g/mol. The quantitative estimate of drug-likeness (QED) is 0.630. The first-order valence-electron chi connectivity index (χ1n) is 5.78. The zero-order valence-electron chi connectivity index (χ0n) is 10.4. The van der Waals surface area contributed by atoms with Crippen LogP contribution in [0.25, 0.3) is 11.1 Å². The average Bonchev–Trinajstić information content (AvgIpc) is 2.46. The number of rotatable bonds is 3. The molecule has 0 heterocycles. The summed E-state index contributed by atoms with van der Waals surface area (Å²) in [5, 5.41) is 18.7. The molecule has 96 valence electrons. The SMILES string of the molecule is COC(=O)c1c(B(O)O)cccc1-c1ccccc1. The molecule has 0 aromatic heterocycles. The minimum absolute atomic E-state index is 0.133. The second-order valence-electron chi connectivity index (χ2n) is 4.00. The summed E-state index contributed by atoms with van der Waals surface area (Å²) in [6.07, 6.45) is 0. The topological polar surface area (TPSA) is 66.8 Å². The summed E-state index contributed by atoms with van der Waals surface area (Å²) in [6, 6.07) is 14.1. The molecule has 0 saturated carbocycles. The molecule has 0 spiro atoms. The Hall–Kier alpha value is -2.11. The van der Waals surface area contributed by atoms with E-state index in [0.717, 1.165) is 5.56 Å². The van der Waals surface area contributed by atoms with Crippen LogP contribution in [0.15, 0.2) is 48.5 Å². The standard InChI is InChI=1S/C14H13BO4/c1-19-14(16)13-11(10-6-3-2-4-7-10)8-5-9-12(13)15(17)18/h2-9,17-18H,1H3. The van der Waals surface area contributed by atoms with Crippen molar-refractivity contribution in [1.29, 1.82) is 0 Å². The summed E-state index contributed by atoms with van der Waals surface area (Å²) in [4.78, 5) is 11.9. The van der Waals surface area contributed by atoms with Gasteiger partial charge in [0.1, 0.15) is 0 Å². The van der Waals surface area contributed by atoms with Gasteiger partial charge in [0.25, 0.3) is 0 Å². The molecule has 2 aromatic carbocycles. The Morgan fingerprint density at radius 1 is 1.05 bits per heavy atom. The van der Waals surface area contributed by atoms with Crippen LogP contribution in [-0.4, -0.2) is 30.2 Å². The van der Waals surface area contributed by atoms with Gasteiger partial charge < -0.3 is 14.8 Å². The normalized spacial score (nSPS) is 10.1. The van der Waals surface area contributed by atoms with Crippen molar-refractivity contribution in [2.45, 2.75) is 0 Å². The van der Waals surface area contributed by atoms with E-state index < -0.39 is 13.1 Å². The lowest BCUT2D eigenvalue weighted by Gasteiger charge is -2.12. The fourth-order valence-corrected chi connectivity index (χ4v) is 1.97. The third kappa shape index (κ3) is 2.67. The van der Waals surface area contributed by atoms with Gasteiger partial charge in [0.05, 0.1) is 12.7 Å². The van der Waals surface area contributed by atoms with Crippen molar-refractivity contribution >= 4 is 18.6 Å². The van der Waals surface area contributed by atoms with Crippen LogP contribution in [0.3, 0.4) is 0 Å². The van der Waals surface area contributed by atoms with Gasteiger partial charge in [0.15, 0.2) is 0 Å². The molecule has 0 aliphatic rings. The Bertz CT molecular complexity index is 581. The molecule has 19 heavy (non-hydrogen) atoms. The van der Waals surface area contributed by atoms with Crippen LogP contribution in [0.1, 0.15) is 10.4 Å². The first-order chi connectivity index (χ1) is 9.15. The van der Waals surface area contributed by atoms with E-state index in [1.165, 1.54) is 13.2 Å². The smallest absolute Gasteiger partial charge is 0.465 e. The highest BCUT2D eigenvalue weighted by atomic mass is 16.5. The molecule has 5 heteroatoms. The lowest BCUT2D eigenvalue weighted by atomic mass is 9.75. The van der Waals surface area contributed by atoms with Gasteiger partial charge in [0.2, 0.25) is 0 Å². The van der Waals surface area contributed by atoms with E-state index in [9.17, 15) is 14.8 Å². The summed E-state index contributed by atoms with van der Waals surface area (Å²) in [5.41, 5.74) is 1.72. The minimum Gasteiger partial charge on any atom is -0.465 e. The Morgan fingerprint density at radius 2 is 1.74 bits per heavy atom. The van der Waals surface area contributed by atoms with Crippen molar-refractivity contribution in [2.75, 3.05) is 7.11 Å². The molecule has 0 radical (unpaired) electrons. The Labute approximate surface area is 111 Å². The summed E-state index contributed by atoms with van der Waals surface area (Å²) in [6.45, 7) is 0. The van der Waals surface area contributed by atoms with E-state index in [4.69, 9.17) is 4.74 Å². The third-order valence-corrected chi connectivity index (χ3v) is 2.85. The van der Waals surface area contributed by atoms with E-state index in [0.29, 0.717) is 5.56 Å². The van der Waals surface area contributed by atoms with Crippen LogP contribution in [-0.2, 0) is 4.74 Å². The van der Waals surface area contributed by atoms with Gasteiger partial charge in [-0.1, -0.05) is 48.5 Å². The predicted molar refractivity (Wildman–Crippen MR) is 73.0 cm³/mol. The molecule has 0 aliphatic heterocycles. The lowest BCUT2D eigenvalue weighted by molar-refractivity contribution is 0.0602. The zero-order chi connectivity index (χ0) is 13.8. The number of carbonyl (C=O) groups is 1. The number of benzene rings is 2. The zero-order valence-corrected chi connectivity index (χ0v) is 10.4. The highest BCUT2D eigenvalue weighted by Crippen LogP contribution is 2.23. The van der Waals surface area contributed by atoms with Crippen molar-refractivity contribution < 1.29 is 19.6 Å². The molecular weight excluding hydrogens is 243 g/mol. The summed E-state index contributed by atoms with van der Waals surface area (Å²) in [7, 11) is -0.463. The van der Waals surface area contributed by atoms with Crippen molar-refractivity contribution in [3.63, 3.8) is 0 Å². The first-order valence-corrected chi connectivity index (χ1v) is 5.78. The van der Waals surface area contributed by atoms with Gasteiger partial charge in [0, 0.05) is 0 Å². The Morgan fingerprint density at radius 3 is 2.32 bits per heavy atom. The fraction of sp³-hybridized carbons (Fsp3) is 0.0714. The van der Waals surface area contributed by atoms with Crippen LogP contribution in [0, 0.1) is 0 Å². The molecule has 0 fully saturated rings. The van der Waals surface area contributed by atoms with Crippen molar-refractivity contribution in [3.05, 3.63) is 54.1 Å². The molecule has 2 rings (SSSR count). The molecule has 4 nitrogen and oxygen atoms in total. The van der Waals surface area contributed by atoms with E-state index >= 15 is 0 Å². The third-order valence-electron chi connectivity index (χ3n) is 2.85. The molecule has 0 aliphatic carbocycles. The highest BCUT2D eigenvalue weighted by Gasteiger charge is 2.24. The largest absolute Gasteiger partial charge is 0.489 e. The molecule has 0 saturated heterocycles. The fourth-order valence-electron chi connectivity index (χ4n) is 1.97. The van der Waals surface area contributed by atoms with Crippen LogP contribution in [0.5, 0.6) is 0 Å². The van der Waals surface area contributed by atoms with Crippen LogP contribution in [0.2, 0.25) is 0 Å². The lowest BCUT2D eigenvalue weighted by Crippen LogP contribution is -2.35. The van der Waals surface area contributed by atoms with Crippen molar-refractivity contribution in [2.24, 2.45) is 0 Å². The molecule has 2 aromatic rings. The van der Waals surface area contributed by atoms with Crippen molar-refractivity contribution in [1.82, 2.24) is 0 Å². The van der Waals surface area contributed by atoms with Crippen LogP contribution >= 0.6 is 0 Å². The maximum atomic E-state index is 11.9. The van der Waals surface area contributed by atoms with Crippen LogP contribution in [0.4, 0.5) is 0 Å². The number of carbonyl (C=O) groups excluding carboxylic acids is 1. The number of hydrogen-bond acceptors (Lipinski definition) is 4. The van der Waals surface area contributed by atoms with Gasteiger partial charge in [-0.2, -0.15) is 0 Å². The maximum Gasteiger partial charge on any atom is 0.489 e. The second kappa shape index (κ2) is 5.69. The molecule has 2 N–H and O–H groups in total. The van der Waals surface area contributed by atoms with E-state index in [-0.39, 0.29) is 11.0 Å². The second-order valence-corrected chi connectivity index (χ2v) is 4.00. The summed E-state index contributed by atoms with van der Waals surface area (Å²) < 4.78 is 4.73.